The second-order valence-corrected chi connectivity index (χ2v) is 6.86. The molecule has 0 aliphatic carbocycles. The van der Waals surface area contributed by atoms with E-state index >= 15 is 0 Å². The van der Waals surface area contributed by atoms with Crippen LogP contribution in [0.1, 0.15) is 29.7 Å². The number of alkyl halides is 3. The minimum atomic E-state index is -4.43. The maximum absolute atomic E-state index is 12.8. The molecule has 1 fully saturated rings. The Morgan fingerprint density at radius 1 is 1.15 bits per heavy atom. The van der Waals surface area contributed by atoms with E-state index < -0.39 is 17.8 Å². The Morgan fingerprint density at radius 3 is 2.52 bits per heavy atom. The van der Waals surface area contributed by atoms with Crippen LogP contribution < -0.4 is 10.6 Å². The molecule has 0 bridgehead atoms. The van der Waals surface area contributed by atoms with Crippen molar-refractivity contribution >= 4 is 11.7 Å². The van der Waals surface area contributed by atoms with Gasteiger partial charge in [-0.2, -0.15) is 13.2 Å². The number of benzene rings is 2. The van der Waals surface area contributed by atoms with Gasteiger partial charge in [0.05, 0.1) is 5.56 Å². The molecule has 0 radical (unpaired) electrons. The molecule has 27 heavy (non-hydrogen) atoms. The van der Waals surface area contributed by atoms with E-state index in [1.54, 1.807) is 4.90 Å². The Balaban J connectivity index is 1.51. The number of amides is 2. The van der Waals surface area contributed by atoms with Crippen LogP contribution in [0.3, 0.4) is 0 Å². The summed E-state index contributed by atoms with van der Waals surface area (Å²) in [5, 5.41) is 6.01. The van der Waals surface area contributed by atoms with Gasteiger partial charge in [0, 0.05) is 30.9 Å². The van der Waals surface area contributed by atoms with E-state index in [-0.39, 0.29) is 17.8 Å². The third-order valence-electron chi connectivity index (χ3n) is 4.75. The predicted molar refractivity (Wildman–Crippen MR) is 98.6 cm³/mol. The first kappa shape index (κ1) is 19.2. The molecular formula is C20H22F3N3O. The minimum Gasteiger partial charge on any atom is -0.321 e. The molecule has 7 heteroatoms. The van der Waals surface area contributed by atoms with Gasteiger partial charge in [0.25, 0.3) is 0 Å². The van der Waals surface area contributed by atoms with Gasteiger partial charge in [-0.1, -0.05) is 30.3 Å². The number of carbonyl (C=O) groups is 1. The lowest BCUT2D eigenvalue weighted by Crippen LogP contribution is -2.61. The van der Waals surface area contributed by atoms with E-state index in [2.05, 4.69) is 36.6 Å². The summed E-state index contributed by atoms with van der Waals surface area (Å²) in [6.45, 7) is 5.17. The van der Waals surface area contributed by atoms with Gasteiger partial charge in [0.1, 0.15) is 0 Å². The van der Waals surface area contributed by atoms with Crippen molar-refractivity contribution in [2.45, 2.75) is 32.1 Å². The molecule has 1 unspecified atom stereocenters. The molecule has 2 aromatic rings. The van der Waals surface area contributed by atoms with Crippen molar-refractivity contribution in [3.05, 3.63) is 65.2 Å². The number of hydrogen-bond donors (Lipinski definition) is 2. The summed E-state index contributed by atoms with van der Waals surface area (Å²) in [7, 11) is 0. The average Bonchev–Trinajstić information content (AvgIpc) is 2.57. The van der Waals surface area contributed by atoms with Gasteiger partial charge in [-0.25, -0.2) is 4.79 Å². The average molecular weight is 377 g/mol. The fourth-order valence-corrected chi connectivity index (χ4v) is 3.24. The van der Waals surface area contributed by atoms with Crippen LogP contribution >= 0.6 is 0 Å². The molecule has 1 aliphatic heterocycles. The van der Waals surface area contributed by atoms with Crippen LogP contribution in [0.5, 0.6) is 0 Å². The molecule has 1 heterocycles. The van der Waals surface area contributed by atoms with E-state index in [0.717, 1.165) is 12.1 Å². The lowest BCUT2D eigenvalue weighted by atomic mass is 10.0. The number of rotatable bonds is 4. The van der Waals surface area contributed by atoms with Gasteiger partial charge >= 0.3 is 12.2 Å². The van der Waals surface area contributed by atoms with Gasteiger partial charge in [-0.3, -0.25) is 0 Å². The summed E-state index contributed by atoms with van der Waals surface area (Å²) in [6, 6.07) is 12.7. The first-order chi connectivity index (χ1) is 12.7. The second-order valence-electron chi connectivity index (χ2n) is 6.86. The van der Waals surface area contributed by atoms with E-state index in [0.29, 0.717) is 13.1 Å². The Bertz CT molecular complexity index is 816. The maximum Gasteiger partial charge on any atom is 0.416 e. The summed E-state index contributed by atoms with van der Waals surface area (Å²) >= 11 is 0. The van der Waals surface area contributed by atoms with Gasteiger partial charge in [0.2, 0.25) is 0 Å². The molecule has 1 aliphatic rings. The smallest absolute Gasteiger partial charge is 0.321 e. The largest absolute Gasteiger partial charge is 0.416 e. The second kappa shape index (κ2) is 7.60. The molecule has 0 spiro atoms. The van der Waals surface area contributed by atoms with Crippen molar-refractivity contribution < 1.29 is 18.0 Å². The van der Waals surface area contributed by atoms with Gasteiger partial charge in [-0.15, -0.1) is 0 Å². The quantitative estimate of drug-likeness (QED) is 0.819. The van der Waals surface area contributed by atoms with E-state index in [4.69, 9.17) is 0 Å². The third kappa shape index (κ3) is 4.60. The molecule has 1 atom stereocenters. The molecule has 2 N–H and O–H groups in total. The third-order valence-corrected chi connectivity index (χ3v) is 4.75. The van der Waals surface area contributed by atoms with Crippen molar-refractivity contribution in [1.29, 1.82) is 0 Å². The molecule has 0 aromatic heterocycles. The molecular weight excluding hydrogens is 355 g/mol. The summed E-state index contributed by atoms with van der Waals surface area (Å²) in [5.41, 5.74) is 1.77. The number of likely N-dealkylation sites (tertiary alicyclic amines) is 1. The van der Waals surface area contributed by atoms with Crippen LogP contribution in [0.4, 0.5) is 23.7 Å². The summed E-state index contributed by atoms with van der Waals surface area (Å²) in [4.78, 5) is 13.8. The van der Waals surface area contributed by atoms with Crippen molar-refractivity contribution in [3.8, 4) is 0 Å². The Hall–Kier alpha value is -2.54. The Morgan fingerprint density at radius 2 is 1.85 bits per heavy atom. The fraction of sp³-hybridized carbons (Fsp3) is 0.350. The minimum absolute atomic E-state index is 0.138. The number of urea groups is 1. The topological polar surface area (TPSA) is 44.4 Å². The molecule has 2 aromatic carbocycles. The lowest BCUT2D eigenvalue weighted by Gasteiger charge is -2.41. The number of nitrogens with one attached hydrogen (secondary N) is 2. The summed E-state index contributed by atoms with van der Waals surface area (Å²) in [5.74, 6) is 0. The SMILES string of the molecule is Cc1ccccc1C(C)NC1CN(C(=O)Nc2cccc(C(F)(F)F)c2)C1. The maximum atomic E-state index is 12.8. The number of halogens is 3. The molecule has 1 saturated heterocycles. The first-order valence-electron chi connectivity index (χ1n) is 8.79. The molecule has 4 nitrogen and oxygen atoms in total. The zero-order valence-corrected chi connectivity index (χ0v) is 15.2. The fourth-order valence-electron chi connectivity index (χ4n) is 3.24. The zero-order chi connectivity index (χ0) is 19.6. The number of anilines is 1. The van der Waals surface area contributed by atoms with Crippen LogP contribution in [0.15, 0.2) is 48.5 Å². The summed E-state index contributed by atoms with van der Waals surface area (Å²) in [6.07, 6.45) is -4.43. The highest BCUT2D eigenvalue weighted by Gasteiger charge is 2.33. The van der Waals surface area contributed by atoms with E-state index in [1.165, 1.54) is 23.3 Å². The molecule has 0 saturated carbocycles. The predicted octanol–water partition coefficient (Wildman–Crippen LogP) is 4.58. The molecule has 2 amide bonds. The number of aryl methyl sites for hydroxylation is 1. The van der Waals surface area contributed by atoms with E-state index in [1.807, 2.05) is 12.1 Å². The molecule has 144 valence electrons. The standard InChI is InChI=1S/C20H22F3N3O/c1-13-6-3-4-9-18(13)14(2)24-17-11-26(12-17)19(27)25-16-8-5-7-15(10-16)20(21,22)23/h3-10,14,17,24H,11-12H2,1-2H3,(H,25,27). The zero-order valence-electron chi connectivity index (χ0n) is 15.2. The van der Waals surface area contributed by atoms with Crippen LogP contribution in [-0.2, 0) is 6.18 Å². The number of hydrogen-bond acceptors (Lipinski definition) is 2. The van der Waals surface area contributed by atoms with Crippen molar-refractivity contribution in [2.24, 2.45) is 0 Å². The van der Waals surface area contributed by atoms with E-state index in [9.17, 15) is 18.0 Å². The van der Waals surface area contributed by atoms with Crippen LogP contribution in [0.2, 0.25) is 0 Å². The van der Waals surface area contributed by atoms with Crippen LogP contribution in [0, 0.1) is 6.92 Å². The highest BCUT2D eigenvalue weighted by molar-refractivity contribution is 5.90. The van der Waals surface area contributed by atoms with Gasteiger partial charge in [-0.05, 0) is 43.2 Å². The first-order valence-corrected chi connectivity index (χ1v) is 8.79. The van der Waals surface area contributed by atoms with Crippen molar-refractivity contribution in [3.63, 3.8) is 0 Å². The lowest BCUT2D eigenvalue weighted by molar-refractivity contribution is -0.137. The number of nitrogens with zero attached hydrogens (tertiary/aromatic N) is 1. The molecule has 3 rings (SSSR count). The van der Waals surface area contributed by atoms with Crippen LogP contribution in [-0.4, -0.2) is 30.1 Å². The highest BCUT2D eigenvalue weighted by Crippen LogP contribution is 2.30. The summed E-state index contributed by atoms with van der Waals surface area (Å²) < 4.78 is 38.3. The Labute approximate surface area is 156 Å². The number of carbonyl (C=O) groups excluding carboxylic acids is 1. The monoisotopic (exact) mass is 377 g/mol. The normalized spacial score (nSPS) is 16.0. The van der Waals surface area contributed by atoms with Crippen LogP contribution in [0.25, 0.3) is 0 Å². The Kier molecular flexibility index (Phi) is 5.41. The van der Waals surface area contributed by atoms with Crippen molar-refractivity contribution in [2.75, 3.05) is 18.4 Å². The van der Waals surface area contributed by atoms with Gasteiger partial charge < -0.3 is 15.5 Å². The van der Waals surface area contributed by atoms with Crippen molar-refractivity contribution in [1.82, 2.24) is 10.2 Å². The van der Waals surface area contributed by atoms with Gasteiger partial charge in [0.15, 0.2) is 0 Å². The highest BCUT2D eigenvalue weighted by atomic mass is 19.4.